The Hall–Kier alpha value is -2.95. The van der Waals surface area contributed by atoms with Gasteiger partial charge in [-0.05, 0) is 23.8 Å². The molecule has 0 amide bonds. The fourth-order valence-corrected chi connectivity index (χ4v) is 2.29. The highest BCUT2D eigenvalue weighted by Crippen LogP contribution is 2.26. The zero-order valence-corrected chi connectivity index (χ0v) is 10.6. The quantitative estimate of drug-likeness (QED) is 0.603. The van der Waals surface area contributed by atoms with E-state index in [4.69, 9.17) is 0 Å². The molecule has 0 spiro atoms. The van der Waals surface area contributed by atoms with Crippen LogP contribution in [0, 0.1) is 0 Å². The summed E-state index contributed by atoms with van der Waals surface area (Å²) in [5.74, 6) is 0. The Balaban J connectivity index is 1.81. The Morgan fingerprint density at radius 1 is 1.05 bits per heavy atom. The molecule has 1 N–H and O–H groups in total. The molecule has 0 aliphatic carbocycles. The van der Waals surface area contributed by atoms with Gasteiger partial charge in [0.25, 0.3) is 0 Å². The second-order valence-electron chi connectivity index (χ2n) is 4.48. The van der Waals surface area contributed by atoms with Crippen molar-refractivity contribution in [1.82, 2.24) is 24.7 Å². The molecular formula is C15H11N5. The number of hydrogen-bond acceptors (Lipinski definition) is 3. The van der Waals surface area contributed by atoms with Crippen LogP contribution in [0.5, 0.6) is 0 Å². The van der Waals surface area contributed by atoms with E-state index in [0.29, 0.717) is 0 Å². The fourth-order valence-electron chi connectivity index (χ4n) is 2.29. The molecule has 0 fully saturated rings. The zero-order valence-electron chi connectivity index (χ0n) is 10.6. The average molecular weight is 261 g/mol. The van der Waals surface area contributed by atoms with Gasteiger partial charge in [0.05, 0.1) is 29.2 Å². The van der Waals surface area contributed by atoms with Crippen LogP contribution in [0.15, 0.2) is 61.4 Å². The number of benzene rings is 1. The molecule has 3 heterocycles. The van der Waals surface area contributed by atoms with Crippen molar-refractivity contribution >= 4 is 11.0 Å². The molecule has 4 rings (SSSR count). The minimum Gasteiger partial charge on any atom is -0.343 e. The van der Waals surface area contributed by atoms with E-state index in [1.807, 2.05) is 35.3 Å². The number of imidazole rings is 1. The summed E-state index contributed by atoms with van der Waals surface area (Å²) in [6, 6.07) is 10.1. The normalized spacial score (nSPS) is 11.0. The lowest BCUT2D eigenvalue weighted by molar-refractivity contribution is 0.881. The standard InChI is InChI=1S/C15H11N5/c1-6-19-20(7-1)12-4-2-11(3-5-12)13-8-16-9-14-15(13)18-10-17-14/h1-10H,(H,17,18). The number of rotatable bonds is 2. The van der Waals surface area contributed by atoms with Crippen LogP contribution in [0.1, 0.15) is 0 Å². The average Bonchev–Trinajstić information content (AvgIpc) is 3.18. The van der Waals surface area contributed by atoms with Crippen LogP contribution < -0.4 is 0 Å². The molecule has 5 nitrogen and oxygen atoms in total. The third kappa shape index (κ3) is 1.68. The van der Waals surface area contributed by atoms with Gasteiger partial charge in [-0.1, -0.05) is 12.1 Å². The number of fused-ring (bicyclic) bond motifs is 1. The van der Waals surface area contributed by atoms with Gasteiger partial charge in [0.2, 0.25) is 0 Å². The first-order chi connectivity index (χ1) is 9.92. The summed E-state index contributed by atoms with van der Waals surface area (Å²) >= 11 is 0. The lowest BCUT2D eigenvalue weighted by Crippen LogP contribution is -1.93. The Labute approximate surface area is 114 Å². The molecule has 20 heavy (non-hydrogen) atoms. The third-order valence-corrected chi connectivity index (χ3v) is 3.28. The van der Waals surface area contributed by atoms with E-state index in [1.54, 1.807) is 18.7 Å². The summed E-state index contributed by atoms with van der Waals surface area (Å²) in [6.45, 7) is 0. The fraction of sp³-hybridized carbons (Fsp3) is 0. The van der Waals surface area contributed by atoms with Crippen LogP contribution in [0.2, 0.25) is 0 Å². The summed E-state index contributed by atoms with van der Waals surface area (Å²) in [6.07, 6.45) is 9.00. The topological polar surface area (TPSA) is 59.4 Å². The molecule has 4 aromatic rings. The van der Waals surface area contributed by atoms with Crippen molar-refractivity contribution in [1.29, 1.82) is 0 Å². The Kier molecular flexibility index (Phi) is 2.35. The van der Waals surface area contributed by atoms with E-state index in [0.717, 1.165) is 27.8 Å². The predicted octanol–water partition coefficient (Wildman–Crippen LogP) is 2.81. The van der Waals surface area contributed by atoms with Gasteiger partial charge in [0, 0.05) is 24.2 Å². The Morgan fingerprint density at radius 3 is 2.75 bits per heavy atom. The number of pyridine rings is 1. The first kappa shape index (κ1) is 10.9. The molecule has 96 valence electrons. The van der Waals surface area contributed by atoms with Gasteiger partial charge in [-0.3, -0.25) is 4.98 Å². The maximum atomic E-state index is 4.35. The van der Waals surface area contributed by atoms with Crippen molar-refractivity contribution in [3.63, 3.8) is 0 Å². The zero-order chi connectivity index (χ0) is 13.4. The van der Waals surface area contributed by atoms with Crippen LogP contribution in [0.25, 0.3) is 27.8 Å². The molecule has 0 aliphatic rings. The van der Waals surface area contributed by atoms with Crippen molar-refractivity contribution in [3.05, 3.63) is 61.4 Å². The minimum atomic E-state index is 0.937. The maximum absolute atomic E-state index is 4.35. The second kappa shape index (κ2) is 4.31. The predicted molar refractivity (Wildman–Crippen MR) is 76.4 cm³/mol. The van der Waals surface area contributed by atoms with E-state index in [-0.39, 0.29) is 0 Å². The lowest BCUT2D eigenvalue weighted by Gasteiger charge is -2.05. The van der Waals surface area contributed by atoms with Crippen LogP contribution >= 0.6 is 0 Å². The van der Waals surface area contributed by atoms with Gasteiger partial charge in [0.1, 0.15) is 0 Å². The smallest absolute Gasteiger partial charge is 0.0992 e. The first-order valence-corrected chi connectivity index (χ1v) is 6.29. The summed E-state index contributed by atoms with van der Waals surface area (Å²) < 4.78 is 1.83. The molecule has 0 radical (unpaired) electrons. The summed E-state index contributed by atoms with van der Waals surface area (Å²) in [5.41, 5.74) is 5.02. The molecule has 0 saturated carbocycles. The van der Waals surface area contributed by atoms with Gasteiger partial charge in [-0.15, -0.1) is 0 Å². The maximum Gasteiger partial charge on any atom is 0.0992 e. The highest BCUT2D eigenvalue weighted by molar-refractivity contribution is 5.90. The molecule has 5 heteroatoms. The van der Waals surface area contributed by atoms with Crippen molar-refractivity contribution in [2.45, 2.75) is 0 Å². The minimum absolute atomic E-state index is 0.937. The van der Waals surface area contributed by atoms with E-state index < -0.39 is 0 Å². The molecule has 0 bridgehead atoms. The van der Waals surface area contributed by atoms with Crippen LogP contribution in [0.4, 0.5) is 0 Å². The molecule has 1 aromatic carbocycles. The van der Waals surface area contributed by atoms with Crippen molar-refractivity contribution in [2.24, 2.45) is 0 Å². The molecule has 0 unspecified atom stereocenters. The molecule has 3 aromatic heterocycles. The van der Waals surface area contributed by atoms with Crippen LogP contribution in [0.3, 0.4) is 0 Å². The van der Waals surface area contributed by atoms with Crippen molar-refractivity contribution in [3.8, 4) is 16.8 Å². The highest BCUT2D eigenvalue weighted by Gasteiger charge is 2.06. The van der Waals surface area contributed by atoms with Gasteiger partial charge in [0.15, 0.2) is 0 Å². The summed E-state index contributed by atoms with van der Waals surface area (Å²) in [5, 5.41) is 4.22. The Bertz CT molecular complexity index is 844. The van der Waals surface area contributed by atoms with Crippen molar-refractivity contribution < 1.29 is 0 Å². The Morgan fingerprint density at radius 2 is 1.95 bits per heavy atom. The van der Waals surface area contributed by atoms with E-state index in [1.165, 1.54) is 0 Å². The van der Waals surface area contributed by atoms with Gasteiger partial charge >= 0.3 is 0 Å². The number of nitrogens with zero attached hydrogens (tertiary/aromatic N) is 4. The van der Waals surface area contributed by atoms with Gasteiger partial charge < -0.3 is 4.98 Å². The second-order valence-corrected chi connectivity index (χ2v) is 4.48. The number of aromatic amines is 1. The molecular weight excluding hydrogens is 250 g/mol. The molecule has 0 aliphatic heterocycles. The molecule has 0 saturated heterocycles. The van der Waals surface area contributed by atoms with E-state index in [9.17, 15) is 0 Å². The van der Waals surface area contributed by atoms with E-state index in [2.05, 4.69) is 32.2 Å². The number of aromatic nitrogens is 5. The number of nitrogens with one attached hydrogen (secondary N) is 1. The highest BCUT2D eigenvalue weighted by atomic mass is 15.3. The largest absolute Gasteiger partial charge is 0.343 e. The summed E-state index contributed by atoms with van der Waals surface area (Å²) in [7, 11) is 0. The monoisotopic (exact) mass is 261 g/mol. The number of H-pyrrole nitrogens is 1. The van der Waals surface area contributed by atoms with Crippen LogP contribution in [-0.2, 0) is 0 Å². The lowest BCUT2D eigenvalue weighted by atomic mass is 10.1. The SMILES string of the molecule is c1cnn(-c2ccc(-c3cncc4[nH]cnc34)cc2)c1. The molecule has 0 atom stereocenters. The summed E-state index contributed by atoms with van der Waals surface area (Å²) in [4.78, 5) is 11.7. The van der Waals surface area contributed by atoms with Crippen molar-refractivity contribution in [2.75, 3.05) is 0 Å². The first-order valence-electron chi connectivity index (χ1n) is 6.29. The van der Waals surface area contributed by atoms with Crippen LogP contribution in [-0.4, -0.2) is 24.7 Å². The van der Waals surface area contributed by atoms with Gasteiger partial charge in [-0.25, -0.2) is 9.67 Å². The van der Waals surface area contributed by atoms with Gasteiger partial charge in [-0.2, -0.15) is 5.10 Å². The third-order valence-electron chi connectivity index (χ3n) is 3.28. The van der Waals surface area contributed by atoms with E-state index >= 15 is 0 Å². The number of hydrogen-bond donors (Lipinski definition) is 1.